The number of anilines is 1. The second-order valence-corrected chi connectivity index (χ2v) is 8.44. The predicted molar refractivity (Wildman–Crippen MR) is 109 cm³/mol. The van der Waals surface area contributed by atoms with Gasteiger partial charge in [-0.2, -0.15) is 0 Å². The predicted octanol–water partition coefficient (Wildman–Crippen LogP) is 4.27. The van der Waals surface area contributed by atoms with Crippen molar-refractivity contribution in [3.8, 4) is 0 Å². The van der Waals surface area contributed by atoms with Gasteiger partial charge in [0.05, 0.1) is 5.56 Å². The van der Waals surface area contributed by atoms with Gasteiger partial charge >= 0.3 is 6.16 Å². The molecular weight excluding hydrogens is 378 g/mol. The van der Waals surface area contributed by atoms with Crippen LogP contribution in [0.5, 0.6) is 0 Å². The molecule has 1 aliphatic heterocycles. The van der Waals surface area contributed by atoms with Crippen LogP contribution in [0.2, 0.25) is 0 Å². The lowest BCUT2D eigenvalue weighted by Gasteiger charge is -2.26. The number of carboxylic acid groups (broad SMARTS) is 1. The Morgan fingerprint density at radius 1 is 1.25 bits per heavy atom. The van der Waals surface area contributed by atoms with Gasteiger partial charge in [-0.15, -0.1) is 11.8 Å². The molecule has 2 N–H and O–H groups in total. The Kier molecular flexibility index (Phi) is 7.42. The third kappa shape index (κ3) is 5.31. The molecule has 1 aliphatic carbocycles. The summed E-state index contributed by atoms with van der Waals surface area (Å²) in [5.74, 6) is 1.47. The van der Waals surface area contributed by atoms with Crippen molar-refractivity contribution in [3.05, 3.63) is 17.7 Å². The Balaban J connectivity index is 1.78. The normalized spacial score (nSPS) is 20.2. The molecule has 154 valence electrons. The number of hydrogen-bond donors (Lipinski definition) is 2. The first kappa shape index (κ1) is 20.8. The van der Waals surface area contributed by atoms with Gasteiger partial charge in [-0.1, -0.05) is 26.2 Å². The number of aromatic nitrogens is 1. The van der Waals surface area contributed by atoms with Crippen molar-refractivity contribution in [1.29, 1.82) is 0 Å². The van der Waals surface area contributed by atoms with Crippen LogP contribution >= 0.6 is 11.8 Å². The number of thioether (sulfide) groups is 1. The van der Waals surface area contributed by atoms with Crippen LogP contribution in [0.1, 0.15) is 68.6 Å². The minimum Gasteiger partial charge on any atom is -0.450 e. The highest BCUT2D eigenvalue weighted by Gasteiger charge is 2.30. The van der Waals surface area contributed by atoms with Crippen molar-refractivity contribution in [1.82, 2.24) is 10.3 Å². The van der Waals surface area contributed by atoms with E-state index in [0.717, 1.165) is 31.4 Å². The van der Waals surface area contributed by atoms with Crippen LogP contribution in [0.15, 0.2) is 17.2 Å². The van der Waals surface area contributed by atoms with Gasteiger partial charge in [0.1, 0.15) is 10.8 Å². The van der Waals surface area contributed by atoms with E-state index in [1.54, 1.807) is 17.8 Å². The molecule has 1 aromatic heterocycles. The van der Waals surface area contributed by atoms with Crippen molar-refractivity contribution in [2.45, 2.75) is 75.6 Å². The molecule has 0 unspecified atom stereocenters. The number of nitrogens with one attached hydrogen (secondary N) is 1. The van der Waals surface area contributed by atoms with Gasteiger partial charge in [0.2, 0.25) is 0 Å². The summed E-state index contributed by atoms with van der Waals surface area (Å²) < 4.78 is 4.99. The number of amides is 1. The lowest BCUT2D eigenvalue weighted by molar-refractivity contribution is 0.0556. The van der Waals surface area contributed by atoms with Crippen LogP contribution in [-0.4, -0.2) is 46.7 Å². The average Bonchev–Trinajstić information content (AvgIpc) is 3.14. The highest BCUT2D eigenvalue weighted by atomic mass is 32.2. The molecule has 2 aliphatic rings. The van der Waals surface area contributed by atoms with Gasteiger partial charge in [-0.25, -0.2) is 9.78 Å². The molecule has 2 heterocycles. The van der Waals surface area contributed by atoms with E-state index in [1.165, 1.54) is 19.3 Å². The van der Waals surface area contributed by atoms with E-state index in [0.29, 0.717) is 29.4 Å². The first-order valence-electron chi connectivity index (χ1n) is 10.2. The Morgan fingerprint density at radius 3 is 2.75 bits per heavy atom. The molecular formula is C20H29N3O4S. The van der Waals surface area contributed by atoms with Crippen molar-refractivity contribution in [3.63, 3.8) is 0 Å². The fourth-order valence-corrected chi connectivity index (χ4v) is 4.69. The van der Waals surface area contributed by atoms with E-state index in [9.17, 15) is 9.59 Å². The highest BCUT2D eigenvalue weighted by Crippen LogP contribution is 2.30. The van der Waals surface area contributed by atoms with E-state index in [1.807, 2.05) is 11.0 Å². The number of carbonyl (C=O) groups is 2. The minimum atomic E-state index is -1.28. The first-order chi connectivity index (χ1) is 13.6. The maximum Gasteiger partial charge on any atom is 0.507 e. The fraction of sp³-hybridized carbons (Fsp3) is 0.650. The van der Waals surface area contributed by atoms with E-state index >= 15 is 0 Å². The van der Waals surface area contributed by atoms with Gasteiger partial charge in [0, 0.05) is 19.0 Å². The lowest BCUT2D eigenvalue weighted by Crippen LogP contribution is -2.37. The summed E-state index contributed by atoms with van der Waals surface area (Å²) >= 11 is 1.57. The molecule has 0 bridgehead atoms. The van der Waals surface area contributed by atoms with Crippen LogP contribution < -0.4 is 10.2 Å². The summed E-state index contributed by atoms with van der Waals surface area (Å²) in [7, 11) is 0. The van der Waals surface area contributed by atoms with Crippen LogP contribution in [0.25, 0.3) is 0 Å². The zero-order chi connectivity index (χ0) is 19.9. The molecule has 1 atom stereocenters. The van der Waals surface area contributed by atoms with E-state index < -0.39 is 12.4 Å². The standard InChI is InChI=1S/C20H29N3O4S/c1-2-13-28-19-15(18(24)21-14-7-4-3-5-8-14)10-11-16(22-19)23-12-6-9-17(23)27-20(25)26/h10-11,14,17H,2-9,12-13H2,1H3,(H,21,24)(H,25,26)/t17-/m0/s1. The highest BCUT2D eigenvalue weighted by molar-refractivity contribution is 7.99. The van der Waals surface area contributed by atoms with Crippen molar-refractivity contribution >= 4 is 29.6 Å². The summed E-state index contributed by atoms with van der Waals surface area (Å²) in [6.45, 7) is 2.78. The Bertz CT molecular complexity index is 694. The SMILES string of the molecule is CCCSc1nc(N2CCC[C@@H]2OC(=O)O)ccc1C(=O)NC1CCCCC1. The molecule has 1 saturated carbocycles. The summed E-state index contributed by atoms with van der Waals surface area (Å²) in [5.41, 5.74) is 0.600. The number of pyridine rings is 1. The third-order valence-electron chi connectivity index (χ3n) is 5.20. The fourth-order valence-electron chi connectivity index (χ4n) is 3.82. The molecule has 1 saturated heterocycles. The molecule has 3 rings (SSSR count). The summed E-state index contributed by atoms with van der Waals surface area (Å²) in [6.07, 6.45) is 6.34. The lowest BCUT2D eigenvalue weighted by atomic mass is 9.95. The van der Waals surface area contributed by atoms with Gasteiger partial charge in [-0.3, -0.25) is 4.79 Å². The first-order valence-corrected chi connectivity index (χ1v) is 11.2. The second-order valence-electron chi connectivity index (χ2n) is 7.35. The molecule has 7 nitrogen and oxygen atoms in total. The smallest absolute Gasteiger partial charge is 0.450 e. The topological polar surface area (TPSA) is 91.8 Å². The summed E-state index contributed by atoms with van der Waals surface area (Å²) in [5, 5.41) is 12.8. The average molecular weight is 408 g/mol. The van der Waals surface area contributed by atoms with Crippen LogP contribution in [0, 0.1) is 0 Å². The van der Waals surface area contributed by atoms with Crippen molar-refractivity contribution < 1.29 is 19.4 Å². The number of rotatable bonds is 7. The van der Waals surface area contributed by atoms with E-state index in [4.69, 9.17) is 14.8 Å². The van der Waals surface area contributed by atoms with Crippen LogP contribution in [0.4, 0.5) is 10.6 Å². The molecule has 0 radical (unpaired) electrons. The van der Waals surface area contributed by atoms with Crippen molar-refractivity contribution in [2.75, 3.05) is 17.2 Å². The monoisotopic (exact) mass is 407 g/mol. The molecule has 1 amide bonds. The number of hydrogen-bond acceptors (Lipinski definition) is 6. The number of ether oxygens (including phenoxy) is 1. The Morgan fingerprint density at radius 2 is 2.04 bits per heavy atom. The van der Waals surface area contributed by atoms with Gasteiger partial charge in [0.15, 0.2) is 6.23 Å². The molecule has 0 spiro atoms. The minimum absolute atomic E-state index is 0.0655. The maximum atomic E-state index is 12.9. The Hall–Kier alpha value is -1.96. The largest absolute Gasteiger partial charge is 0.507 e. The molecule has 0 aromatic carbocycles. The zero-order valence-corrected chi connectivity index (χ0v) is 17.2. The molecule has 2 fully saturated rings. The van der Waals surface area contributed by atoms with Gasteiger partial charge in [0.25, 0.3) is 5.91 Å². The van der Waals surface area contributed by atoms with E-state index in [2.05, 4.69) is 12.2 Å². The number of carbonyl (C=O) groups excluding carboxylic acids is 1. The number of nitrogens with zero attached hydrogens (tertiary/aromatic N) is 2. The Labute approximate surface area is 170 Å². The summed E-state index contributed by atoms with van der Waals surface area (Å²) in [6, 6.07) is 3.86. The quantitative estimate of drug-likeness (QED) is 0.515. The van der Waals surface area contributed by atoms with Crippen LogP contribution in [0.3, 0.4) is 0 Å². The van der Waals surface area contributed by atoms with E-state index in [-0.39, 0.29) is 11.9 Å². The molecule has 8 heteroatoms. The molecule has 28 heavy (non-hydrogen) atoms. The second kappa shape index (κ2) is 10.0. The third-order valence-corrected chi connectivity index (χ3v) is 6.40. The summed E-state index contributed by atoms with van der Waals surface area (Å²) in [4.78, 5) is 30.4. The zero-order valence-electron chi connectivity index (χ0n) is 16.4. The van der Waals surface area contributed by atoms with Crippen LogP contribution in [-0.2, 0) is 4.74 Å². The molecule has 1 aromatic rings. The van der Waals surface area contributed by atoms with Crippen molar-refractivity contribution in [2.24, 2.45) is 0 Å². The van der Waals surface area contributed by atoms with Gasteiger partial charge < -0.3 is 20.1 Å². The maximum absolute atomic E-state index is 12.9. The van der Waals surface area contributed by atoms with Gasteiger partial charge in [-0.05, 0) is 43.6 Å².